The lowest BCUT2D eigenvalue weighted by molar-refractivity contribution is -0.430. The molecule has 1 aliphatic carbocycles. The lowest BCUT2D eigenvalue weighted by Crippen LogP contribution is -2.36. The van der Waals surface area contributed by atoms with Crippen LogP contribution in [0, 0.1) is 10.1 Å². The van der Waals surface area contributed by atoms with Gasteiger partial charge < -0.3 is 9.47 Å². The second kappa shape index (κ2) is 6.28. The molecule has 0 aromatic heterocycles. The molecule has 84 valence electrons. The molecule has 0 radical (unpaired) electrons. The lowest BCUT2D eigenvalue weighted by atomic mass is 10.1. The van der Waals surface area contributed by atoms with Gasteiger partial charge in [-0.05, 0) is 6.42 Å². The minimum Gasteiger partial charge on any atom is -0.359 e. The molecule has 0 heterocycles. The Labute approximate surface area is 87.7 Å². The Morgan fingerprint density at radius 3 is 3.20 bits per heavy atom. The zero-order valence-corrected chi connectivity index (χ0v) is 8.51. The number of hydrogen-bond donors (Lipinski definition) is 1. The van der Waals surface area contributed by atoms with Crippen molar-refractivity contribution in [3.8, 4) is 0 Å². The maximum atomic E-state index is 10.7. The molecule has 1 aliphatic rings. The number of hydrogen-bond acceptors (Lipinski definition) is 5. The molecule has 6 heteroatoms. The van der Waals surface area contributed by atoms with E-state index in [-0.39, 0.29) is 30.2 Å². The summed E-state index contributed by atoms with van der Waals surface area (Å²) in [7, 11) is 1.52. The molecule has 1 atom stereocenters. The average molecular weight is 214 g/mol. The van der Waals surface area contributed by atoms with Gasteiger partial charge in [0.15, 0.2) is 0 Å². The van der Waals surface area contributed by atoms with Gasteiger partial charge in [-0.1, -0.05) is 12.2 Å². The van der Waals surface area contributed by atoms with Crippen LogP contribution in [0.2, 0.25) is 0 Å². The molecule has 0 aromatic rings. The summed E-state index contributed by atoms with van der Waals surface area (Å²) >= 11 is 0. The van der Waals surface area contributed by atoms with E-state index in [1.807, 2.05) is 6.08 Å². The summed E-state index contributed by atoms with van der Waals surface area (Å²) in [5.74, 6) is 0. The topological polar surface area (TPSA) is 73.6 Å². The summed E-state index contributed by atoms with van der Waals surface area (Å²) < 4.78 is 9.69. The van der Waals surface area contributed by atoms with Crippen LogP contribution in [0.1, 0.15) is 6.42 Å². The highest BCUT2D eigenvalue weighted by molar-refractivity contribution is 5.18. The molecular weight excluding hydrogens is 200 g/mol. The molecular formula is C9H14N2O4. The predicted octanol–water partition coefficient (Wildman–Crippen LogP) is 0.643. The molecule has 1 N–H and O–H groups in total. The van der Waals surface area contributed by atoms with Crippen molar-refractivity contribution in [2.24, 2.45) is 0 Å². The quantitative estimate of drug-likeness (QED) is 0.304. The Kier molecular flexibility index (Phi) is 4.96. The number of nitro groups is 1. The summed E-state index contributed by atoms with van der Waals surface area (Å²) in [4.78, 5) is 10.3. The van der Waals surface area contributed by atoms with Crippen molar-refractivity contribution in [1.82, 2.24) is 5.32 Å². The molecule has 0 saturated heterocycles. The van der Waals surface area contributed by atoms with E-state index >= 15 is 0 Å². The molecule has 0 aromatic carbocycles. The van der Waals surface area contributed by atoms with Crippen LogP contribution in [0.4, 0.5) is 0 Å². The van der Waals surface area contributed by atoms with Crippen LogP contribution >= 0.6 is 0 Å². The first-order valence-electron chi connectivity index (χ1n) is 4.57. The van der Waals surface area contributed by atoms with Crippen LogP contribution in [0.5, 0.6) is 0 Å². The molecule has 6 nitrogen and oxygen atoms in total. The van der Waals surface area contributed by atoms with Gasteiger partial charge in [0.25, 0.3) is 5.70 Å². The third kappa shape index (κ3) is 3.78. The first-order valence-corrected chi connectivity index (χ1v) is 4.57. The van der Waals surface area contributed by atoms with Gasteiger partial charge in [-0.2, -0.15) is 0 Å². The highest BCUT2D eigenvalue weighted by Crippen LogP contribution is 2.13. The number of nitrogens with one attached hydrogen (secondary N) is 1. The number of methoxy groups -OCH3 is 1. The van der Waals surface area contributed by atoms with Crippen molar-refractivity contribution < 1.29 is 14.4 Å². The fourth-order valence-electron chi connectivity index (χ4n) is 1.28. The van der Waals surface area contributed by atoms with Gasteiger partial charge in [0, 0.05) is 13.2 Å². The number of rotatable bonds is 6. The van der Waals surface area contributed by atoms with E-state index in [4.69, 9.17) is 4.74 Å². The summed E-state index contributed by atoms with van der Waals surface area (Å²) in [6, 6.07) is -0.290. The highest BCUT2D eigenvalue weighted by atomic mass is 16.7. The van der Waals surface area contributed by atoms with E-state index in [0.717, 1.165) is 0 Å². The second-order valence-electron chi connectivity index (χ2n) is 3.02. The first-order chi connectivity index (χ1) is 7.25. The Balaban J connectivity index is 2.37. The van der Waals surface area contributed by atoms with Crippen LogP contribution in [0.15, 0.2) is 23.9 Å². The Hall–Kier alpha value is -1.24. The Bertz CT molecular complexity index is 275. The monoisotopic (exact) mass is 214 g/mol. The van der Waals surface area contributed by atoms with Gasteiger partial charge in [-0.3, -0.25) is 15.4 Å². The van der Waals surface area contributed by atoms with E-state index in [1.165, 1.54) is 13.2 Å². The second-order valence-corrected chi connectivity index (χ2v) is 3.02. The van der Waals surface area contributed by atoms with Crippen molar-refractivity contribution in [2.45, 2.75) is 12.5 Å². The van der Waals surface area contributed by atoms with Crippen molar-refractivity contribution in [3.63, 3.8) is 0 Å². The van der Waals surface area contributed by atoms with Crippen molar-refractivity contribution in [1.29, 1.82) is 0 Å². The van der Waals surface area contributed by atoms with Crippen LogP contribution < -0.4 is 5.32 Å². The smallest absolute Gasteiger partial charge is 0.263 e. The molecule has 0 amide bonds. The normalized spacial score (nSPS) is 20.1. The van der Waals surface area contributed by atoms with Crippen LogP contribution in [-0.4, -0.2) is 31.6 Å². The third-order valence-electron chi connectivity index (χ3n) is 1.98. The maximum Gasteiger partial charge on any atom is 0.263 e. The highest BCUT2D eigenvalue weighted by Gasteiger charge is 2.24. The van der Waals surface area contributed by atoms with E-state index in [2.05, 4.69) is 10.1 Å². The predicted molar refractivity (Wildman–Crippen MR) is 53.6 cm³/mol. The van der Waals surface area contributed by atoms with Gasteiger partial charge >= 0.3 is 0 Å². The number of ether oxygens (including phenoxy) is 2. The molecule has 1 unspecified atom stereocenters. The summed E-state index contributed by atoms with van der Waals surface area (Å²) in [5, 5.41) is 13.6. The zero-order valence-electron chi connectivity index (χ0n) is 8.51. The molecule has 0 fully saturated rings. The minimum absolute atomic E-state index is 0.165. The number of allylic oxidation sites excluding steroid dienone is 2. The molecule has 15 heavy (non-hydrogen) atoms. The Morgan fingerprint density at radius 1 is 1.73 bits per heavy atom. The molecule has 0 bridgehead atoms. The molecule has 0 saturated carbocycles. The van der Waals surface area contributed by atoms with Gasteiger partial charge in [0.2, 0.25) is 0 Å². The summed E-state index contributed by atoms with van der Waals surface area (Å²) in [6.45, 7) is 0.407. The standard InChI is InChI=1S/C9H14N2O4/c1-14-7-15-6-10-8-4-2-3-5-9(8)11(12)13/h2-3,5,8,10H,4,6-7H2,1H3. The van der Waals surface area contributed by atoms with Gasteiger partial charge in [0.1, 0.15) is 19.6 Å². The third-order valence-corrected chi connectivity index (χ3v) is 1.98. The van der Waals surface area contributed by atoms with E-state index < -0.39 is 0 Å². The van der Waals surface area contributed by atoms with E-state index in [1.54, 1.807) is 6.08 Å². The molecule has 1 rings (SSSR count). The van der Waals surface area contributed by atoms with Gasteiger partial charge in [-0.25, -0.2) is 0 Å². The minimum atomic E-state index is -0.377. The maximum absolute atomic E-state index is 10.7. The Morgan fingerprint density at radius 2 is 2.53 bits per heavy atom. The molecule has 0 aliphatic heterocycles. The van der Waals surface area contributed by atoms with Crippen LogP contribution in [0.3, 0.4) is 0 Å². The van der Waals surface area contributed by atoms with E-state index in [0.29, 0.717) is 6.42 Å². The fourth-order valence-corrected chi connectivity index (χ4v) is 1.28. The van der Waals surface area contributed by atoms with Crippen molar-refractivity contribution in [3.05, 3.63) is 34.0 Å². The van der Waals surface area contributed by atoms with Crippen LogP contribution in [0.25, 0.3) is 0 Å². The average Bonchev–Trinajstić information content (AvgIpc) is 2.25. The van der Waals surface area contributed by atoms with Crippen LogP contribution in [-0.2, 0) is 9.47 Å². The fraction of sp³-hybridized carbons (Fsp3) is 0.556. The molecule has 0 spiro atoms. The zero-order chi connectivity index (χ0) is 11.1. The SMILES string of the molecule is COCOCNC1CC=CC=C1[N+](=O)[O-]. The van der Waals surface area contributed by atoms with Crippen molar-refractivity contribution >= 4 is 0 Å². The summed E-state index contributed by atoms with van der Waals surface area (Å²) in [6.07, 6.45) is 5.66. The first kappa shape index (κ1) is 11.8. The van der Waals surface area contributed by atoms with Gasteiger partial charge in [-0.15, -0.1) is 0 Å². The number of nitrogens with zero attached hydrogens (tertiary/aromatic N) is 1. The van der Waals surface area contributed by atoms with Crippen molar-refractivity contribution in [2.75, 3.05) is 20.6 Å². The van der Waals surface area contributed by atoms with E-state index in [9.17, 15) is 10.1 Å². The van der Waals surface area contributed by atoms with Gasteiger partial charge in [0.05, 0.1) is 4.92 Å². The largest absolute Gasteiger partial charge is 0.359 e. The lowest BCUT2D eigenvalue weighted by Gasteiger charge is -2.16. The summed E-state index contributed by atoms with van der Waals surface area (Å²) in [5.41, 5.74) is 0.165.